The molecule has 22 heavy (non-hydrogen) atoms. The number of amides is 1. The van der Waals surface area contributed by atoms with Crippen LogP contribution in [-0.4, -0.2) is 25.2 Å². The largest absolute Gasteiger partial charge is 0.496 e. The quantitative estimate of drug-likeness (QED) is 0.926. The van der Waals surface area contributed by atoms with E-state index in [0.717, 1.165) is 21.9 Å². The van der Waals surface area contributed by atoms with Gasteiger partial charge in [0.25, 0.3) is 0 Å². The molecule has 2 aromatic carbocycles. The first kappa shape index (κ1) is 14.7. The number of nitrogens with one attached hydrogen (secondary N) is 1. The van der Waals surface area contributed by atoms with Crippen molar-refractivity contribution in [3.8, 4) is 5.75 Å². The van der Waals surface area contributed by atoms with Crippen LogP contribution in [0.3, 0.4) is 0 Å². The van der Waals surface area contributed by atoms with Crippen molar-refractivity contribution in [3.05, 3.63) is 41.5 Å². The van der Waals surface area contributed by atoms with Crippen LogP contribution >= 0.6 is 0 Å². The van der Waals surface area contributed by atoms with Crippen LogP contribution in [0.25, 0.3) is 10.8 Å². The molecule has 116 valence electrons. The molecule has 2 aromatic rings. The molecule has 1 N–H and O–H groups in total. The molecule has 0 heterocycles. The number of hydrogen-bond acceptors (Lipinski definition) is 2. The van der Waals surface area contributed by atoms with Gasteiger partial charge in [-0.25, -0.2) is 0 Å². The Kier molecular flexibility index (Phi) is 3.47. The van der Waals surface area contributed by atoms with Gasteiger partial charge < -0.3 is 10.1 Å². The summed E-state index contributed by atoms with van der Waals surface area (Å²) in [6, 6.07) is 8.82. The Morgan fingerprint density at radius 2 is 2.00 bits per heavy atom. The van der Waals surface area contributed by atoms with Crippen molar-refractivity contribution < 1.29 is 22.7 Å². The van der Waals surface area contributed by atoms with E-state index < -0.39 is 18.1 Å². The lowest BCUT2D eigenvalue weighted by atomic mass is 9.85. The minimum absolute atomic E-state index is 0.319. The first-order valence-corrected chi connectivity index (χ1v) is 6.85. The van der Waals surface area contributed by atoms with Crippen LogP contribution in [0.4, 0.5) is 13.2 Å². The molecular formula is C16H14F3NO2. The predicted octanol–water partition coefficient (Wildman–Crippen LogP) is 2.99. The van der Waals surface area contributed by atoms with Gasteiger partial charge in [0.1, 0.15) is 5.75 Å². The van der Waals surface area contributed by atoms with Crippen molar-refractivity contribution in [2.75, 3.05) is 7.11 Å². The molecule has 1 atom stereocenters. The molecule has 0 saturated carbocycles. The normalized spacial score (nSPS) is 17.4. The van der Waals surface area contributed by atoms with Crippen LogP contribution in [0, 0.1) is 0 Å². The van der Waals surface area contributed by atoms with Gasteiger partial charge in [0.05, 0.1) is 7.11 Å². The Morgan fingerprint density at radius 3 is 2.68 bits per heavy atom. The molecule has 0 spiro atoms. The van der Waals surface area contributed by atoms with E-state index in [0.29, 0.717) is 18.6 Å². The zero-order valence-electron chi connectivity index (χ0n) is 11.8. The minimum atomic E-state index is -4.87. The minimum Gasteiger partial charge on any atom is -0.496 e. The number of methoxy groups -OCH3 is 1. The SMILES string of the molecule is COc1ccc2cccc3c2c1CC(NC(=O)C(F)(F)F)C3. The molecule has 0 fully saturated rings. The van der Waals surface area contributed by atoms with Gasteiger partial charge in [-0.1, -0.05) is 24.3 Å². The van der Waals surface area contributed by atoms with E-state index in [-0.39, 0.29) is 0 Å². The zero-order valence-corrected chi connectivity index (χ0v) is 11.8. The predicted molar refractivity (Wildman–Crippen MR) is 75.9 cm³/mol. The molecule has 6 heteroatoms. The monoisotopic (exact) mass is 309 g/mol. The van der Waals surface area contributed by atoms with Crippen LogP contribution in [0.5, 0.6) is 5.75 Å². The molecule has 1 aliphatic rings. The molecule has 3 nitrogen and oxygen atoms in total. The van der Waals surface area contributed by atoms with Crippen LogP contribution in [0.15, 0.2) is 30.3 Å². The van der Waals surface area contributed by atoms with Crippen molar-refractivity contribution in [1.82, 2.24) is 5.32 Å². The summed E-state index contributed by atoms with van der Waals surface area (Å²) in [5, 5.41) is 4.11. The number of hydrogen-bond donors (Lipinski definition) is 1. The molecule has 0 saturated heterocycles. The molecule has 1 amide bonds. The number of carbonyl (C=O) groups is 1. The first-order valence-electron chi connectivity index (χ1n) is 6.85. The van der Waals surface area contributed by atoms with Crippen molar-refractivity contribution in [2.45, 2.75) is 25.1 Å². The van der Waals surface area contributed by atoms with Gasteiger partial charge in [0, 0.05) is 11.6 Å². The summed E-state index contributed by atoms with van der Waals surface area (Å²) in [5.74, 6) is -1.27. The van der Waals surface area contributed by atoms with E-state index in [2.05, 4.69) is 5.32 Å². The number of benzene rings is 2. The fourth-order valence-electron chi connectivity index (χ4n) is 3.03. The highest BCUT2D eigenvalue weighted by Gasteiger charge is 2.40. The molecular weight excluding hydrogens is 295 g/mol. The maximum atomic E-state index is 12.4. The van der Waals surface area contributed by atoms with Crippen molar-refractivity contribution in [3.63, 3.8) is 0 Å². The third kappa shape index (κ3) is 2.49. The zero-order chi connectivity index (χ0) is 15.9. The smallest absolute Gasteiger partial charge is 0.471 e. The summed E-state index contributed by atoms with van der Waals surface area (Å²) < 4.78 is 42.6. The maximum absolute atomic E-state index is 12.4. The molecule has 3 rings (SSSR count). The van der Waals surface area contributed by atoms with E-state index in [4.69, 9.17) is 4.74 Å². The van der Waals surface area contributed by atoms with E-state index in [1.807, 2.05) is 24.3 Å². The standard InChI is InChI=1S/C16H14F3NO2/c1-22-13-6-5-9-3-2-4-10-7-11(8-12(13)14(9)10)20-15(21)16(17,18)19/h2-6,11H,7-8H2,1H3,(H,20,21). The number of ether oxygens (including phenoxy) is 1. The van der Waals surface area contributed by atoms with Crippen molar-refractivity contribution in [1.29, 1.82) is 0 Å². The summed E-state index contributed by atoms with van der Waals surface area (Å²) in [5.41, 5.74) is 1.76. The molecule has 1 aliphatic carbocycles. The van der Waals surface area contributed by atoms with Crippen LogP contribution < -0.4 is 10.1 Å². The highest BCUT2D eigenvalue weighted by Crippen LogP contribution is 2.35. The third-order valence-corrected chi connectivity index (χ3v) is 3.93. The van der Waals surface area contributed by atoms with Crippen LogP contribution in [0.1, 0.15) is 11.1 Å². The summed E-state index contributed by atoms with van der Waals surface area (Å²) in [6.45, 7) is 0. The van der Waals surface area contributed by atoms with Crippen molar-refractivity contribution >= 4 is 16.7 Å². The number of halogens is 3. The second-order valence-electron chi connectivity index (χ2n) is 5.34. The molecule has 0 bridgehead atoms. The van der Waals surface area contributed by atoms with E-state index in [9.17, 15) is 18.0 Å². The number of carbonyl (C=O) groups excluding carboxylic acids is 1. The Balaban J connectivity index is 1.98. The van der Waals surface area contributed by atoms with Crippen molar-refractivity contribution in [2.24, 2.45) is 0 Å². The van der Waals surface area contributed by atoms with E-state index >= 15 is 0 Å². The van der Waals surface area contributed by atoms with E-state index in [1.165, 1.54) is 7.11 Å². The molecule has 0 aromatic heterocycles. The van der Waals surface area contributed by atoms with Gasteiger partial charge in [0.2, 0.25) is 0 Å². The van der Waals surface area contributed by atoms with E-state index in [1.54, 1.807) is 6.07 Å². The number of rotatable bonds is 2. The Hall–Kier alpha value is -2.24. The fraction of sp³-hybridized carbons (Fsp3) is 0.312. The lowest BCUT2D eigenvalue weighted by Gasteiger charge is -2.27. The summed E-state index contributed by atoms with van der Waals surface area (Å²) >= 11 is 0. The third-order valence-electron chi connectivity index (χ3n) is 3.93. The van der Waals surface area contributed by atoms with Gasteiger partial charge in [-0.3, -0.25) is 4.79 Å². The second-order valence-corrected chi connectivity index (χ2v) is 5.34. The average Bonchev–Trinajstić information content (AvgIpc) is 2.47. The summed E-state index contributed by atoms with van der Waals surface area (Å²) in [7, 11) is 1.53. The van der Waals surface area contributed by atoms with Gasteiger partial charge >= 0.3 is 12.1 Å². The second kappa shape index (κ2) is 5.19. The highest BCUT2D eigenvalue weighted by atomic mass is 19.4. The Labute approximate surface area is 125 Å². The number of alkyl halides is 3. The molecule has 1 unspecified atom stereocenters. The van der Waals surface area contributed by atoms with Gasteiger partial charge in [-0.2, -0.15) is 13.2 Å². The summed E-state index contributed by atoms with van der Waals surface area (Å²) in [4.78, 5) is 11.2. The molecule has 0 radical (unpaired) electrons. The lowest BCUT2D eigenvalue weighted by Crippen LogP contribution is -2.46. The Morgan fingerprint density at radius 1 is 1.23 bits per heavy atom. The van der Waals surface area contributed by atoms with Crippen LogP contribution in [0.2, 0.25) is 0 Å². The molecule has 0 aliphatic heterocycles. The fourth-order valence-corrected chi connectivity index (χ4v) is 3.03. The Bertz CT molecular complexity index is 740. The first-order chi connectivity index (χ1) is 10.4. The topological polar surface area (TPSA) is 38.3 Å². The average molecular weight is 309 g/mol. The maximum Gasteiger partial charge on any atom is 0.471 e. The van der Waals surface area contributed by atoms with Gasteiger partial charge in [-0.15, -0.1) is 0 Å². The van der Waals surface area contributed by atoms with Gasteiger partial charge in [-0.05, 0) is 35.2 Å². The highest BCUT2D eigenvalue weighted by molar-refractivity contribution is 5.92. The van der Waals surface area contributed by atoms with Crippen LogP contribution in [-0.2, 0) is 17.6 Å². The van der Waals surface area contributed by atoms with Gasteiger partial charge in [0.15, 0.2) is 0 Å². The lowest BCUT2D eigenvalue weighted by molar-refractivity contribution is -0.174. The summed E-state index contributed by atoms with van der Waals surface area (Å²) in [6.07, 6.45) is -4.17.